The van der Waals surface area contributed by atoms with E-state index < -0.39 is 0 Å². The first-order valence-corrected chi connectivity index (χ1v) is 13.8. The Labute approximate surface area is 191 Å². The van der Waals surface area contributed by atoms with E-state index in [0.717, 1.165) is 47.8 Å². The first-order valence-electron chi connectivity index (χ1n) is 13.8. The Bertz CT molecular complexity index is 714. The lowest BCUT2D eigenvalue weighted by Gasteiger charge is -2.54. The van der Waals surface area contributed by atoms with E-state index in [1.54, 1.807) is 6.92 Å². The average molecular weight is 429 g/mol. The second-order valence-electron chi connectivity index (χ2n) is 13.7. The minimum atomic E-state index is -0.0738. The monoisotopic (exact) mass is 428 g/mol. The molecular formula is C29H48O2. The summed E-state index contributed by atoms with van der Waals surface area (Å²) in [5.74, 6) is 6.42. The number of ether oxygens (including phenoxy) is 1. The lowest BCUT2D eigenvalue weighted by Crippen LogP contribution is -2.47. The molecule has 5 rings (SSSR count). The summed E-state index contributed by atoms with van der Waals surface area (Å²) in [6.45, 7) is 14.3. The molecule has 0 amide bonds. The van der Waals surface area contributed by atoms with Gasteiger partial charge in [0.15, 0.2) is 0 Å². The summed E-state index contributed by atoms with van der Waals surface area (Å²) in [5.41, 5.74) is 1.61. The number of carbonyl (C=O) groups is 1. The molecule has 0 radical (unpaired) electrons. The van der Waals surface area contributed by atoms with Gasteiger partial charge in [0, 0.05) is 6.92 Å². The fourth-order valence-electron chi connectivity index (χ4n) is 10.6. The molecule has 0 saturated heterocycles. The van der Waals surface area contributed by atoms with Crippen molar-refractivity contribution in [3.05, 3.63) is 0 Å². The second-order valence-corrected chi connectivity index (χ2v) is 13.7. The lowest BCUT2D eigenvalue weighted by atomic mass is 9.51. The van der Waals surface area contributed by atoms with Crippen LogP contribution in [0.25, 0.3) is 0 Å². The van der Waals surface area contributed by atoms with E-state index in [1.807, 2.05) is 0 Å². The Kier molecular flexibility index (Phi) is 5.38. The zero-order valence-corrected chi connectivity index (χ0v) is 21.2. The lowest BCUT2D eigenvalue weighted by molar-refractivity contribution is -0.152. The molecule has 0 aliphatic heterocycles. The maximum Gasteiger partial charge on any atom is 0.302 e. The van der Waals surface area contributed by atoms with Crippen molar-refractivity contribution in [2.24, 2.45) is 57.7 Å². The van der Waals surface area contributed by atoms with E-state index in [1.165, 1.54) is 64.2 Å². The molecule has 176 valence electrons. The molecular weight excluding hydrogens is 380 g/mol. The highest BCUT2D eigenvalue weighted by molar-refractivity contribution is 5.66. The highest BCUT2D eigenvalue weighted by Crippen LogP contribution is 2.85. The molecule has 5 aliphatic rings. The Balaban J connectivity index is 1.33. The van der Waals surface area contributed by atoms with Gasteiger partial charge in [-0.05, 0) is 109 Å². The molecule has 0 heterocycles. The number of fused-ring (bicyclic) bond motifs is 5. The molecule has 0 bridgehead atoms. The minimum absolute atomic E-state index is 0.0738. The van der Waals surface area contributed by atoms with Crippen LogP contribution in [0.3, 0.4) is 0 Å². The fourth-order valence-corrected chi connectivity index (χ4v) is 10.6. The van der Waals surface area contributed by atoms with Gasteiger partial charge >= 0.3 is 5.97 Å². The summed E-state index contributed by atoms with van der Waals surface area (Å²) in [5, 5.41) is 0. The normalized spacial score (nSPS) is 50.9. The molecule has 2 nitrogen and oxygen atoms in total. The molecule has 5 fully saturated rings. The summed E-state index contributed by atoms with van der Waals surface area (Å²) >= 11 is 0. The van der Waals surface area contributed by atoms with Crippen LogP contribution in [-0.4, -0.2) is 12.1 Å². The van der Waals surface area contributed by atoms with Gasteiger partial charge in [0.05, 0.1) is 0 Å². The topological polar surface area (TPSA) is 26.3 Å². The van der Waals surface area contributed by atoms with Crippen molar-refractivity contribution in [3.8, 4) is 0 Å². The van der Waals surface area contributed by atoms with Crippen LogP contribution < -0.4 is 0 Å². The van der Waals surface area contributed by atoms with Crippen molar-refractivity contribution in [1.29, 1.82) is 0 Å². The van der Waals surface area contributed by atoms with Crippen molar-refractivity contribution in [3.63, 3.8) is 0 Å². The summed E-state index contributed by atoms with van der Waals surface area (Å²) in [4.78, 5) is 11.6. The Morgan fingerprint density at radius 1 is 0.935 bits per heavy atom. The largest absolute Gasteiger partial charge is 0.463 e. The summed E-state index contributed by atoms with van der Waals surface area (Å²) < 4.78 is 5.76. The molecule has 0 unspecified atom stereocenters. The van der Waals surface area contributed by atoms with Crippen LogP contribution in [0.1, 0.15) is 112 Å². The van der Waals surface area contributed by atoms with Gasteiger partial charge < -0.3 is 4.74 Å². The molecule has 1 spiro atoms. The van der Waals surface area contributed by atoms with Crippen LogP contribution in [0.4, 0.5) is 0 Å². The van der Waals surface area contributed by atoms with E-state index in [9.17, 15) is 4.79 Å². The van der Waals surface area contributed by atoms with E-state index >= 15 is 0 Å². The average Bonchev–Trinajstić information content (AvgIpc) is 3.20. The van der Waals surface area contributed by atoms with E-state index in [4.69, 9.17) is 4.74 Å². The van der Waals surface area contributed by atoms with E-state index in [2.05, 4.69) is 34.6 Å². The third kappa shape index (κ3) is 3.19. The van der Waals surface area contributed by atoms with Gasteiger partial charge in [-0.1, -0.05) is 53.9 Å². The highest BCUT2D eigenvalue weighted by Gasteiger charge is 2.79. The summed E-state index contributed by atoms with van der Waals surface area (Å²) in [7, 11) is 0. The third-order valence-electron chi connectivity index (χ3n) is 12.0. The Morgan fingerprint density at radius 2 is 1.71 bits per heavy atom. The number of hydrogen-bond acceptors (Lipinski definition) is 2. The molecule has 0 aromatic heterocycles. The maximum absolute atomic E-state index is 11.6. The van der Waals surface area contributed by atoms with Crippen LogP contribution in [0.5, 0.6) is 0 Å². The van der Waals surface area contributed by atoms with Crippen molar-refractivity contribution >= 4 is 5.97 Å². The van der Waals surface area contributed by atoms with Gasteiger partial charge in [0.2, 0.25) is 0 Å². The van der Waals surface area contributed by atoms with E-state index in [-0.39, 0.29) is 12.1 Å². The van der Waals surface area contributed by atoms with Crippen LogP contribution >= 0.6 is 0 Å². The van der Waals surface area contributed by atoms with Crippen LogP contribution in [0, 0.1) is 57.7 Å². The first-order chi connectivity index (χ1) is 14.6. The van der Waals surface area contributed by atoms with Crippen molar-refractivity contribution in [2.45, 2.75) is 118 Å². The Morgan fingerprint density at radius 3 is 2.42 bits per heavy atom. The van der Waals surface area contributed by atoms with Gasteiger partial charge in [0.25, 0.3) is 0 Å². The number of rotatable bonds is 6. The van der Waals surface area contributed by atoms with Crippen molar-refractivity contribution in [2.75, 3.05) is 0 Å². The molecule has 31 heavy (non-hydrogen) atoms. The van der Waals surface area contributed by atoms with Crippen molar-refractivity contribution < 1.29 is 9.53 Å². The zero-order chi connectivity index (χ0) is 22.2. The van der Waals surface area contributed by atoms with Gasteiger partial charge in [0.1, 0.15) is 6.10 Å². The standard InChI is InChI=1S/C29H48O2/c1-18(2)8-7-9-19(3)22-10-11-23-26-24(13-14-27(22,23)5)28(6)15-12-21(31-20(4)30)16-29(28)17-25(26)29/h18-19,21-26H,7-17H2,1-6H3/t19-,21-,22+,23-,24-,25+,26-,27+,28+,29+/m0/s1. The number of esters is 1. The first kappa shape index (κ1) is 22.3. The zero-order valence-electron chi connectivity index (χ0n) is 21.2. The fraction of sp³-hybridized carbons (Fsp3) is 0.966. The predicted octanol–water partition coefficient (Wildman–Crippen LogP) is 7.65. The Hall–Kier alpha value is -0.530. The molecule has 2 heteroatoms. The maximum atomic E-state index is 11.6. The molecule has 0 aromatic rings. The predicted molar refractivity (Wildman–Crippen MR) is 126 cm³/mol. The van der Waals surface area contributed by atoms with Crippen LogP contribution in [-0.2, 0) is 9.53 Å². The third-order valence-corrected chi connectivity index (χ3v) is 12.0. The molecule has 5 aliphatic carbocycles. The highest BCUT2D eigenvalue weighted by atomic mass is 16.5. The molecule has 5 saturated carbocycles. The second kappa shape index (κ2) is 7.49. The smallest absolute Gasteiger partial charge is 0.302 e. The number of hydrogen-bond donors (Lipinski definition) is 0. The van der Waals surface area contributed by atoms with Crippen molar-refractivity contribution in [1.82, 2.24) is 0 Å². The SMILES string of the molecule is CC(=O)O[C@H]1CC[C@]2(C)[C@H]3CC[C@]4(C)[C@@H]([C@@H](C)CCCC(C)C)CC[C@H]4[C@@H]3[C@H]3C[C@]32C1. The summed E-state index contributed by atoms with van der Waals surface area (Å²) in [6.07, 6.45) is 15.4. The molecule has 10 atom stereocenters. The quantitative estimate of drug-likeness (QED) is 0.406. The number of carbonyl (C=O) groups excluding carboxylic acids is 1. The van der Waals surface area contributed by atoms with Crippen LogP contribution in [0.15, 0.2) is 0 Å². The van der Waals surface area contributed by atoms with Gasteiger partial charge in [-0.15, -0.1) is 0 Å². The minimum Gasteiger partial charge on any atom is -0.463 e. The van der Waals surface area contributed by atoms with Gasteiger partial charge in [-0.3, -0.25) is 4.79 Å². The van der Waals surface area contributed by atoms with Gasteiger partial charge in [-0.25, -0.2) is 0 Å². The van der Waals surface area contributed by atoms with Crippen LogP contribution in [0.2, 0.25) is 0 Å². The van der Waals surface area contributed by atoms with E-state index in [0.29, 0.717) is 16.2 Å². The van der Waals surface area contributed by atoms with Gasteiger partial charge in [-0.2, -0.15) is 0 Å². The molecule has 0 N–H and O–H groups in total. The summed E-state index contributed by atoms with van der Waals surface area (Å²) in [6, 6.07) is 0. The molecule has 0 aromatic carbocycles.